The molecule has 1 aromatic heterocycles. The van der Waals surface area contributed by atoms with E-state index >= 15 is 0 Å². The number of hydrogen-bond donors (Lipinski definition) is 1. The Kier molecular flexibility index (Phi) is 3.93. The van der Waals surface area contributed by atoms with Gasteiger partial charge in [0.05, 0.1) is 22.6 Å². The van der Waals surface area contributed by atoms with E-state index in [0.29, 0.717) is 6.54 Å². The molecular formula is C17H16ClN3. The van der Waals surface area contributed by atoms with Crippen LogP contribution in [0.15, 0.2) is 60.9 Å². The lowest BCUT2D eigenvalue weighted by molar-refractivity contribution is 0.880. The number of aromatic nitrogens is 2. The fourth-order valence-corrected chi connectivity index (χ4v) is 2.44. The summed E-state index contributed by atoms with van der Waals surface area (Å²) in [6, 6.07) is 16.1. The van der Waals surface area contributed by atoms with E-state index in [4.69, 9.17) is 11.6 Å². The van der Waals surface area contributed by atoms with Gasteiger partial charge in [0.1, 0.15) is 0 Å². The van der Waals surface area contributed by atoms with Crippen molar-refractivity contribution in [1.82, 2.24) is 9.78 Å². The fourth-order valence-electron chi connectivity index (χ4n) is 2.13. The largest absolute Gasteiger partial charge is 0.380 e. The van der Waals surface area contributed by atoms with Crippen molar-refractivity contribution in [2.75, 3.05) is 5.32 Å². The van der Waals surface area contributed by atoms with Crippen LogP contribution in [0.3, 0.4) is 0 Å². The van der Waals surface area contributed by atoms with Gasteiger partial charge in [0.2, 0.25) is 0 Å². The first-order valence-electron chi connectivity index (χ1n) is 6.81. The van der Waals surface area contributed by atoms with E-state index in [0.717, 1.165) is 27.5 Å². The number of rotatable bonds is 4. The minimum absolute atomic E-state index is 0.690. The Labute approximate surface area is 129 Å². The van der Waals surface area contributed by atoms with Crippen LogP contribution in [0.1, 0.15) is 11.1 Å². The molecule has 3 aromatic rings. The van der Waals surface area contributed by atoms with Gasteiger partial charge >= 0.3 is 0 Å². The van der Waals surface area contributed by atoms with E-state index in [1.165, 1.54) is 0 Å². The molecule has 0 amide bonds. The van der Waals surface area contributed by atoms with E-state index in [1.807, 2.05) is 72.5 Å². The Morgan fingerprint density at radius 1 is 1.14 bits per heavy atom. The average molecular weight is 298 g/mol. The molecule has 4 heteroatoms. The summed E-state index contributed by atoms with van der Waals surface area (Å²) in [6.45, 7) is 2.72. The standard InChI is InChI=1S/C17H16ClN3/c1-13-7-8-17(16(18)9-13)19-10-14-11-20-21(12-14)15-5-3-2-4-6-15/h2-9,11-12,19H,10H2,1H3. The Morgan fingerprint density at radius 2 is 1.95 bits per heavy atom. The molecule has 21 heavy (non-hydrogen) atoms. The predicted molar refractivity (Wildman–Crippen MR) is 87.1 cm³/mol. The van der Waals surface area contributed by atoms with E-state index in [1.54, 1.807) is 0 Å². The minimum Gasteiger partial charge on any atom is -0.380 e. The van der Waals surface area contributed by atoms with Gasteiger partial charge in [0.15, 0.2) is 0 Å². The van der Waals surface area contributed by atoms with E-state index in [9.17, 15) is 0 Å². The molecule has 0 aliphatic heterocycles. The van der Waals surface area contributed by atoms with Crippen LogP contribution in [0.5, 0.6) is 0 Å². The zero-order valence-corrected chi connectivity index (χ0v) is 12.5. The molecule has 1 heterocycles. The van der Waals surface area contributed by atoms with Crippen molar-refractivity contribution in [2.24, 2.45) is 0 Å². The Morgan fingerprint density at radius 3 is 2.71 bits per heavy atom. The second-order valence-corrected chi connectivity index (χ2v) is 5.37. The van der Waals surface area contributed by atoms with Gasteiger partial charge in [0, 0.05) is 18.3 Å². The summed E-state index contributed by atoms with van der Waals surface area (Å²) in [5.41, 5.74) is 4.25. The lowest BCUT2D eigenvalue weighted by Crippen LogP contribution is -1.99. The van der Waals surface area contributed by atoms with Crippen molar-refractivity contribution in [3.05, 3.63) is 77.1 Å². The third-order valence-electron chi connectivity index (χ3n) is 3.26. The molecule has 3 rings (SSSR count). The number of hydrogen-bond acceptors (Lipinski definition) is 2. The van der Waals surface area contributed by atoms with Gasteiger partial charge in [-0.25, -0.2) is 4.68 Å². The summed E-state index contributed by atoms with van der Waals surface area (Å²) in [5, 5.41) is 8.46. The van der Waals surface area contributed by atoms with Crippen molar-refractivity contribution in [3.63, 3.8) is 0 Å². The topological polar surface area (TPSA) is 29.9 Å². The normalized spacial score (nSPS) is 10.6. The quantitative estimate of drug-likeness (QED) is 0.771. The molecule has 0 fully saturated rings. The van der Waals surface area contributed by atoms with Crippen molar-refractivity contribution < 1.29 is 0 Å². The zero-order chi connectivity index (χ0) is 14.7. The minimum atomic E-state index is 0.690. The van der Waals surface area contributed by atoms with Crippen LogP contribution in [-0.2, 0) is 6.54 Å². The van der Waals surface area contributed by atoms with Gasteiger partial charge in [-0.1, -0.05) is 35.9 Å². The highest BCUT2D eigenvalue weighted by molar-refractivity contribution is 6.33. The van der Waals surface area contributed by atoms with Gasteiger partial charge in [-0.05, 0) is 36.8 Å². The van der Waals surface area contributed by atoms with Crippen LogP contribution in [0, 0.1) is 6.92 Å². The Hall–Kier alpha value is -2.26. The van der Waals surface area contributed by atoms with E-state index in [2.05, 4.69) is 10.4 Å². The number of para-hydroxylation sites is 1. The molecule has 0 aliphatic rings. The molecule has 0 bridgehead atoms. The van der Waals surface area contributed by atoms with Crippen molar-refractivity contribution in [1.29, 1.82) is 0 Å². The van der Waals surface area contributed by atoms with E-state index in [-0.39, 0.29) is 0 Å². The molecular weight excluding hydrogens is 282 g/mol. The third kappa shape index (κ3) is 3.26. The van der Waals surface area contributed by atoms with Gasteiger partial charge < -0.3 is 5.32 Å². The Balaban J connectivity index is 1.70. The smallest absolute Gasteiger partial charge is 0.0645 e. The van der Waals surface area contributed by atoms with Crippen LogP contribution in [0.4, 0.5) is 5.69 Å². The van der Waals surface area contributed by atoms with Crippen molar-refractivity contribution in [2.45, 2.75) is 13.5 Å². The molecule has 1 N–H and O–H groups in total. The maximum absolute atomic E-state index is 6.21. The molecule has 0 saturated carbocycles. The summed E-state index contributed by atoms with van der Waals surface area (Å²) in [5.74, 6) is 0. The Bertz CT molecular complexity index is 735. The number of aryl methyl sites for hydroxylation is 1. The van der Waals surface area contributed by atoms with Gasteiger partial charge in [0.25, 0.3) is 0 Å². The second kappa shape index (κ2) is 6.02. The highest BCUT2D eigenvalue weighted by Gasteiger charge is 2.03. The first-order valence-corrected chi connectivity index (χ1v) is 7.19. The molecule has 2 aromatic carbocycles. The highest BCUT2D eigenvalue weighted by atomic mass is 35.5. The molecule has 0 atom stereocenters. The molecule has 3 nitrogen and oxygen atoms in total. The van der Waals surface area contributed by atoms with Gasteiger partial charge in [-0.3, -0.25) is 0 Å². The van der Waals surface area contributed by atoms with Crippen molar-refractivity contribution in [3.8, 4) is 5.69 Å². The van der Waals surface area contributed by atoms with Gasteiger partial charge in [-0.2, -0.15) is 5.10 Å². The first kappa shape index (κ1) is 13.7. The molecule has 0 saturated heterocycles. The number of anilines is 1. The monoisotopic (exact) mass is 297 g/mol. The average Bonchev–Trinajstić information content (AvgIpc) is 2.96. The number of nitrogens with one attached hydrogen (secondary N) is 1. The van der Waals surface area contributed by atoms with Crippen molar-refractivity contribution >= 4 is 17.3 Å². The molecule has 106 valence electrons. The first-order chi connectivity index (χ1) is 10.2. The number of nitrogens with zero attached hydrogens (tertiary/aromatic N) is 2. The zero-order valence-electron chi connectivity index (χ0n) is 11.8. The second-order valence-electron chi connectivity index (χ2n) is 4.97. The summed E-state index contributed by atoms with van der Waals surface area (Å²) in [7, 11) is 0. The summed E-state index contributed by atoms with van der Waals surface area (Å²) in [6.07, 6.45) is 3.88. The third-order valence-corrected chi connectivity index (χ3v) is 3.58. The van der Waals surface area contributed by atoms with Crippen LogP contribution in [-0.4, -0.2) is 9.78 Å². The summed E-state index contributed by atoms with van der Waals surface area (Å²) < 4.78 is 1.87. The number of benzene rings is 2. The summed E-state index contributed by atoms with van der Waals surface area (Å²) >= 11 is 6.21. The van der Waals surface area contributed by atoms with Crippen LogP contribution >= 0.6 is 11.6 Å². The molecule has 0 aliphatic carbocycles. The maximum atomic E-state index is 6.21. The highest BCUT2D eigenvalue weighted by Crippen LogP contribution is 2.23. The van der Waals surface area contributed by atoms with E-state index < -0.39 is 0 Å². The SMILES string of the molecule is Cc1ccc(NCc2cnn(-c3ccccc3)c2)c(Cl)c1. The summed E-state index contributed by atoms with van der Waals surface area (Å²) in [4.78, 5) is 0. The predicted octanol–water partition coefficient (Wildman–Crippen LogP) is 4.45. The number of halogens is 1. The van der Waals surface area contributed by atoms with Crippen LogP contribution in [0.25, 0.3) is 5.69 Å². The van der Waals surface area contributed by atoms with Crippen LogP contribution < -0.4 is 5.32 Å². The molecule has 0 spiro atoms. The maximum Gasteiger partial charge on any atom is 0.0645 e. The van der Waals surface area contributed by atoms with Gasteiger partial charge in [-0.15, -0.1) is 0 Å². The lowest BCUT2D eigenvalue weighted by atomic mass is 10.2. The van der Waals surface area contributed by atoms with Crippen LogP contribution in [0.2, 0.25) is 5.02 Å². The molecule has 0 unspecified atom stereocenters. The lowest BCUT2D eigenvalue weighted by Gasteiger charge is -2.07. The fraction of sp³-hybridized carbons (Fsp3) is 0.118. The molecule has 0 radical (unpaired) electrons.